The fourth-order valence-electron chi connectivity index (χ4n) is 4.36. The average Bonchev–Trinajstić information content (AvgIpc) is 2.82. The minimum atomic E-state index is -3.89. The zero-order valence-electron chi connectivity index (χ0n) is 20.1. The molecule has 0 aliphatic carbocycles. The van der Waals surface area contributed by atoms with Crippen LogP contribution in [-0.2, 0) is 26.1 Å². The lowest BCUT2D eigenvalue weighted by Gasteiger charge is -2.34. The summed E-state index contributed by atoms with van der Waals surface area (Å²) in [4.78, 5) is 26.7. The standard InChI is InChI=1S/C25H32N2O6S/c1-18-12-19(2)15-27(14-18)34(30,31)23-13-21(10-11-22(23)32-3)25(29)26(17-24(28)33-4)16-20-8-6-5-7-9-20/h5-11,13,18-19H,12,14-17H2,1-4H3/t18-,19-/m0/s1. The van der Waals surface area contributed by atoms with Crippen LogP contribution < -0.4 is 4.74 Å². The molecule has 2 aromatic carbocycles. The van der Waals surface area contributed by atoms with Gasteiger partial charge in [-0.05, 0) is 42.0 Å². The Morgan fingerprint density at radius 3 is 2.26 bits per heavy atom. The highest BCUT2D eigenvalue weighted by atomic mass is 32.2. The van der Waals surface area contributed by atoms with Crippen molar-refractivity contribution >= 4 is 21.9 Å². The van der Waals surface area contributed by atoms with Crippen molar-refractivity contribution in [2.24, 2.45) is 11.8 Å². The third kappa shape index (κ3) is 5.95. The summed E-state index contributed by atoms with van der Waals surface area (Å²) in [6.45, 7) is 4.80. The van der Waals surface area contributed by atoms with Gasteiger partial charge in [0.05, 0.1) is 14.2 Å². The van der Waals surface area contributed by atoms with Crippen molar-refractivity contribution in [2.75, 3.05) is 33.9 Å². The Morgan fingerprint density at radius 2 is 1.68 bits per heavy atom. The van der Waals surface area contributed by atoms with E-state index in [1.54, 1.807) is 0 Å². The first kappa shape index (κ1) is 25.7. The number of amides is 1. The Balaban J connectivity index is 1.97. The number of carbonyl (C=O) groups is 2. The van der Waals surface area contributed by atoms with Crippen LogP contribution in [-0.4, -0.2) is 63.4 Å². The lowest BCUT2D eigenvalue weighted by atomic mass is 9.94. The number of nitrogens with zero attached hydrogens (tertiary/aromatic N) is 2. The van der Waals surface area contributed by atoms with Gasteiger partial charge in [0.2, 0.25) is 10.0 Å². The van der Waals surface area contributed by atoms with Crippen molar-refractivity contribution in [3.8, 4) is 5.75 Å². The molecule has 2 aromatic rings. The van der Waals surface area contributed by atoms with Gasteiger partial charge in [-0.3, -0.25) is 9.59 Å². The maximum Gasteiger partial charge on any atom is 0.325 e. The van der Waals surface area contributed by atoms with E-state index in [1.165, 1.54) is 41.6 Å². The van der Waals surface area contributed by atoms with E-state index in [1.807, 2.05) is 44.2 Å². The predicted molar refractivity (Wildman–Crippen MR) is 128 cm³/mol. The maximum absolute atomic E-state index is 13.6. The second-order valence-corrected chi connectivity index (χ2v) is 10.8. The van der Waals surface area contributed by atoms with Crippen molar-refractivity contribution in [1.82, 2.24) is 9.21 Å². The molecule has 0 bridgehead atoms. The van der Waals surface area contributed by atoms with Gasteiger partial charge in [0.15, 0.2) is 0 Å². The molecule has 0 aromatic heterocycles. The number of methoxy groups -OCH3 is 2. The largest absolute Gasteiger partial charge is 0.495 e. The number of rotatable bonds is 8. The lowest BCUT2D eigenvalue weighted by molar-refractivity contribution is -0.141. The minimum Gasteiger partial charge on any atom is -0.495 e. The molecule has 0 saturated carbocycles. The van der Waals surface area contributed by atoms with E-state index >= 15 is 0 Å². The van der Waals surface area contributed by atoms with Crippen molar-refractivity contribution in [2.45, 2.75) is 31.7 Å². The van der Waals surface area contributed by atoms with Crippen LogP contribution in [0.4, 0.5) is 0 Å². The van der Waals surface area contributed by atoms with Gasteiger partial charge in [0.25, 0.3) is 5.91 Å². The van der Waals surface area contributed by atoms with Crippen LogP contribution in [0.15, 0.2) is 53.4 Å². The normalized spacial score (nSPS) is 18.8. The highest BCUT2D eigenvalue weighted by molar-refractivity contribution is 7.89. The van der Waals surface area contributed by atoms with Gasteiger partial charge in [0.1, 0.15) is 17.2 Å². The Morgan fingerprint density at radius 1 is 1.03 bits per heavy atom. The predicted octanol–water partition coefficient (Wildman–Crippen LogP) is 3.18. The fraction of sp³-hybridized carbons (Fsp3) is 0.440. The third-order valence-corrected chi connectivity index (χ3v) is 7.77. The smallest absolute Gasteiger partial charge is 0.325 e. The topological polar surface area (TPSA) is 93.2 Å². The first-order chi connectivity index (χ1) is 16.1. The molecule has 3 rings (SSSR count). The first-order valence-electron chi connectivity index (χ1n) is 11.2. The zero-order chi connectivity index (χ0) is 24.9. The van der Waals surface area contributed by atoms with Gasteiger partial charge in [-0.2, -0.15) is 4.31 Å². The van der Waals surface area contributed by atoms with Gasteiger partial charge in [-0.1, -0.05) is 44.2 Å². The molecule has 1 amide bonds. The van der Waals surface area contributed by atoms with E-state index < -0.39 is 21.9 Å². The molecule has 34 heavy (non-hydrogen) atoms. The minimum absolute atomic E-state index is 0.0557. The molecule has 9 heteroatoms. The first-order valence-corrected chi connectivity index (χ1v) is 12.7. The number of benzene rings is 2. The van der Waals surface area contributed by atoms with E-state index in [9.17, 15) is 18.0 Å². The molecule has 1 fully saturated rings. The molecule has 0 N–H and O–H groups in total. The summed E-state index contributed by atoms with van der Waals surface area (Å²) in [5.41, 5.74) is 0.981. The molecule has 0 radical (unpaired) electrons. The maximum atomic E-state index is 13.6. The van der Waals surface area contributed by atoms with Gasteiger partial charge >= 0.3 is 5.97 Å². The molecule has 8 nitrogen and oxygen atoms in total. The molecule has 1 aliphatic heterocycles. The molecule has 1 saturated heterocycles. The van der Waals surface area contributed by atoms with E-state index in [0.717, 1.165) is 12.0 Å². The van der Waals surface area contributed by atoms with Crippen molar-refractivity contribution in [3.63, 3.8) is 0 Å². The quantitative estimate of drug-likeness (QED) is 0.530. The summed E-state index contributed by atoms with van der Waals surface area (Å²) in [6, 6.07) is 13.6. The molecule has 2 atom stereocenters. The Labute approximate surface area is 201 Å². The lowest BCUT2D eigenvalue weighted by Crippen LogP contribution is -2.42. The van der Waals surface area contributed by atoms with Crippen molar-refractivity contribution in [3.05, 3.63) is 59.7 Å². The Hall–Kier alpha value is -2.91. The van der Waals surface area contributed by atoms with Gasteiger partial charge in [0, 0.05) is 25.2 Å². The number of piperidine rings is 1. The van der Waals surface area contributed by atoms with Gasteiger partial charge in [-0.15, -0.1) is 0 Å². The van der Waals surface area contributed by atoms with Crippen molar-refractivity contribution in [1.29, 1.82) is 0 Å². The van der Waals surface area contributed by atoms with E-state index in [4.69, 9.17) is 9.47 Å². The second-order valence-electron chi connectivity index (χ2n) is 8.86. The summed E-state index contributed by atoms with van der Waals surface area (Å²) >= 11 is 0. The zero-order valence-corrected chi connectivity index (χ0v) is 20.9. The summed E-state index contributed by atoms with van der Waals surface area (Å²) in [5, 5.41) is 0. The van der Waals surface area contributed by atoms with Crippen LogP contribution in [0.5, 0.6) is 5.75 Å². The summed E-state index contributed by atoms with van der Waals surface area (Å²) < 4.78 is 38.7. The Bertz CT molecular complexity index is 1110. The van der Waals surface area contributed by atoms with Crippen LogP contribution >= 0.6 is 0 Å². The SMILES string of the molecule is COC(=O)CN(Cc1ccccc1)C(=O)c1ccc(OC)c(S(=O)(=O)N2C[C@@H](C)C[C@H](C)C2)c1. The highest BCUT2D eigenvalue weighted by Gasteiger charge is 2.34. The molecule has 0 spiro atoms. The monoisotopic (exact) mass is 488 g/mol. The molecule has 0 unspecified atom stereocenters. The number of esters is 1. The average molecular weight is 489 g/mol. The number of carbonyl (C=O) groups excluding carboxylic acids is 2. The molecule has 1 heterocycles. The number of hydrogen-bond acceptors (Lipinski definition) is 6. The van der Waals surface area contributed by atoms with E-state index in [-0.39, 0.29) is 41.1 Å². The molecular weight excluding hydrogens is 456 g/mol. The van der Waals surface area contributed by atoms with Crippen LogP contribution in [0.2, 0.25) is 0 Å². The van der Waals surface area contributed by atoms with E-state index in [0.29, 0.717) is 13.1 Å². The number of hydrogen-bond donors (Lipinski definition) is 0. The number of sulfonamides is 1. The highest BCUT2D eigenvalue weighted by Crippen LogP contribution is 2.32. The third-order valence-electron chi connectivity index (χ3n) is 5.91. The van der Waals surface area contributed by atoms with Crippen molar-refractivity contribution < 1.29 is 27.5 Å². The molecular formula is C25H32N2O6S. The summed E-state index contributed by atoms with van der Waals surface area (Å²) in [5.74, 6) is -0.410. The summed E-state index contributed by atoms with van der Waals surface area (Å²) in [6.07, 6.45) is 0.962. The molecule has 184 valence electrons. The second kappa shape index (κ2) is 11.0. The fourth-order valence-corrected chi connectivity index (χ4v) is 6.22. The van der Waals surface area contributed by atoms with E-state index in [2.05, 4.69) is 0 Å². The van der Waals surface area contributed by atoms with Crippen LogP contribution in [0, 0.1) is 11.8 Å². The van der Waals surface area contributed by atoms with Gasteiger partial charge < -0.3 is 14.4 Å². The summed E-state index contributed by atoms with van der Waals surface area (Å²) in [7, 11) is -1.24. The van der Waals surface area contributed by atoms with Crippen LogP contribution in [0.3, 0.4) is 0 Å². The Kier molecular flexibility index (Phi) is 8.33. The van der Waals surface area contributed by atoms with Crippen LogP contribution in [0.1, 0.15) is 36.2 Å². The van der Waals surface area contributed by atoms with Crippen LogP contribution in [0.25, 0.3) is 0 Å². The number of ether oxygens (including phenoxy) is 2. The molecule has 1 aliphatic rings. The van der Waals surface area contributed by atoms with Gasteiger partial charge in [-0.25, -0.2) is 8.42 Å².